The first-order chi connectivity index (χ1) is 19.0. The Kier molecular flexibility index (Phi) is 11.3. The summed E-state index contributed by atoms with van der Waals surface area (Å²) in [5.74, 6) is -0.868. The Morgan fingerprint density at radius 1 is 0.850 bits per heavy atom. The van der Waals surface area contributed by atoms with Gasteiger partial charge in [0.05, 0.1) is 10.6 Å². The average molecular weight is 625 g/mol. The highest BCUT2D eigenvalue weighted by Gasteiger charge is 2.34. The summed E-state index contributed by atoms with van der Waals surface area (Å²) >= 11 is 18.2. The van der Waals surface area contributed by atoms with E-state index in [1.54, 1.807) is 42.5 Å². The molecule has 214 valence electrons. The van der Waals surface area contributed by atoms with Crippen molar-refractivity contribution in [3.8, 4) is 0 Å². The van der Waals surface area contributed by atoms with Crippen LogP contribution in [0.1, 0.15) is 39.2 Å². The monoisotopic (exact) mass is 623 g/mol. The highest BCUT2D eigenvalue weighted by Crippen LogP contribution is 2.28. The molecule has 2 amide bonds. The van der Waals surface area contributed by atoms with Crippen LogP contribution in [0.25, 0.3) is 0 Å². The van der Waals surface area contributed by atoms with Gasteiger partial charge < -0.3 is 10.2 Å². The second-order valence-corrected chi connectivity index (χ2v) is 12.5. The average Bonchev–Trinajstić information content (AvgIpc) is 2.92. The van der Waals surface area contributed by atoms with Crippen LogP contribution in [0.5, 0.6) is 0 Å². The van der Waals surface area contributed by atoms with Gasteiger partial charge in [-0.25, -0.2) is 8.42 Å². The van der Waals surface area contributed by atoms with Crippen molar-refractivity contribution >= 4 is 62.3 Å². The standard InChI is InChI=1S/C29H32Cl3N3O4S/c1-4-20(3)33-29(37)27(5-2)34(18-21-9-11-22(30)12-10-21)28(36)19-35(25-8-6-7-24(32)17-25)40(38,39)26-15-13-23(31)14-16-26/h6-17,20,27H,4-5,18-19H2,1-3H3,(H,33,37)/t20-,27-/m1/s1. The second kappa shape index (κ2) is 14.2. The van der Waals surface area contributed by atoms with Gasteiger partial charge in [0.15, 0.2) is 0 Å². The van der Waals surface area contributed by atoms with Gasteiger partial charge in [0.25, 0.3) is 10.0 Å². The Labute approximate surface area is 251 Å². The Balaban J connectivity index is 2.05. The molecule has 7 nitrogen and oxygen atoms in total. The molecule has 0 saturated heterocycles. The van der Waals surface area contributed by atoms with Crippen molar-refractivity contribution in [1.82, 2.24) is 10.2 Å². The first kappa shape index (κ1) is 31.7. The minimum atomic E-state index is -4.22. The molecule has 0 aliphatic rings. The molecule has 0 aliphatic carbocycles. The molecule has 40 heavy (non-hydrogen) atoms. The summed E-state index contributed by atoms with van der Waals surface area (Å²) in [6.07, 6.45) is 1.04. The molecule has 0 aromatic heterocycles. The lowest BCUT2D eigenvalue weighted by molar-refractivity contribution is -0.140. The molecule has 0 heterocycles. The van der Waals surface area contributed by atoms with Crippen LogP contribution in [0.3, 0.4) is 0 Å². The zero-order chi connectivity index (χ0) is 29.4. The Morgan fingerprint density at radius 3 is 2.00 bits per heavy atom. The molecule has 3 aromatic rings. The number of halogens is 3. The summed E-state index contributed by atoms with van der Waals surface area (Å²) in [5.41, 5.74) is 0.946. The lowest BCUT2D eigenvalue weighted by atomic mass is 10.1. The third-order valence-corrected chi connectivity index (χ3v) is 8.96. The number of benzene rings is 3. The zero-order valence-corrected chi connectivity index (χ0v) is 25.6. The molecule has 11 heteroatoms. The Hall–Kier alpha value is -2.78. The fraction of sp³-hybridized carbons (Fsp3) is 0.310. The number of anilines is 1. The minimum absolute atomic E-state index is 0.0459. The molecule has 0 spiro atoms. The van der Waals surface area contributed by atoms with E-state index in [0.717, 1.165) is 16.3 Å². The minimum Gasteiger partial charge on any atom is -0.352 e. The van der Waals surface area contributed by atoms with Crippen LogP contribution in [-0.2, 0) is 26.2 Å². The first-order valence-corrected chi connectivity index (χ1v) is 15.4. The van der Waals surface area contributed by atoms with E-state index in [4.69, 9.17) is 34.8 Å². The summed E-state index contributed by atoms with van der Waals surface area (Å²) < 4.78 is 28.7. The van der Waals surface area contributed by atoms with Crippen LogP contribution in [0.2, 0.25) is 15.1 Å². The van der Waals surface area contributed by atoms with Gasteiger partial charge in [0, 0.05) is 27.7 Å². The number of rotatable bonds is 12. The predicted octanol–water partition coefficient (Wildman–Crippen LogP) is 6.56. The summed E-state index contributed by atoms with van der Waals surface area (Å²) in [4.78, 5) is 28.7. The van der Waals surface area contributed by atoms with Crippen molar-refractivity contribution in [2.75, 3.05) is 10.8 Å². The number of amides is 2. The van der Waals surface area contributed by atoms with E-state index >= 15 is 0 Å². The van der Waals surface area contributed by atoms with Crippen LogP contribution in [0.4, 0.5) is 5.69 Å². The molecular weight excluding hydrogens is 593 g/mol. The van der Waals surface area contributed by atoms with Gasteiger partial charge in [-0.3, -0.25) is 13.9 Å². The summed E-state index contributed by atoms with van der Waals surface area (Å²) in [6, 6.07) is 17.9. The third kappa shape index (κ3) is 8.13. The largest absolute Gasteiger partial charge is 0.352 e. The van der Waals surface area contributed by atoms with Crippen LogP contribution in [0, 0.1) is 0 Å². The Bertz CT molecular complexity index is 1420. The number of nitrogens with one attached hydrogen (secondary N) is 1. The molecule has 0 bridgehead atoms. The SMILES string of the molecule is CC[C@@H](C)NC(=O)[C@@H](CC)N(Cc1ccc(Cl)cc1)C(=O)CN(c1cccc(Cl)c1)S(=O)(=O)c1ccc(Cl)cc1. The molecule has 0 fully saturated rings. The summed E-state index contributed by atoms with van der Waals surface area (Å²) in [5, 5.41) is 4.16. The zero-order valence-electron chi connectivity index (χ0n) is 22.5. The van der Waals surface area contributed by atoms with Crippen LogP contribution < -0.4 is 9.62 Å². The van der Waals surface area contributed by atoms with Crippen molar-refractivity contribution in [1.29, 1.82) is 0 Å². The maximum atomic E-state index is 14.0. The van der Waals surface area contributed by atoms with Crippen molar-refractivity contribution in [3.05, 3.63) is 93.4 Å². The normalized spacial score (nSPS) is 12.8. The fourth-order valence-corrected chi connectivity index (χ4v) is 5.88. The molecule has 1 N–H and O–H groups in total. The van der Waals surface area contributed by atoms with E-state index in [-0.39, 0.29) is 29.1 Å². The molecule has 0 unspecified atom stereocenters. The van der Waals surface area contributed by atoms with E-state index < -0.39 is 28.5 Å². The van der Waals surface area contributed by atoms with Gasteiger partial charge in [0.1, 0.15) is 12.6 Å². The number of nitrogens with zero attached hydrogens (tertiary/aromatic N) is 2. The molecule has 2 atom stereocenters. The van der Waals surface area contributed by atoms with Gasteiger partial charge in [-0.2, -0.15) is 0 Å². The van der Waals surface area contributed by atoms with Gasteiger partial charge in [-0.05, 0) is 79.9 Å². The lowest BCUT2D eigenvalue weighted by Gasteiger charge is -2.33. The lowest BCUT2D eigenvalue weighted by Crippen LogP contribution is -2.53. The number of carbonyl (C=O) groups excluding carboxylic acids is 2. The number of hydrogen-bond acceptors (Lipinski definition) is 4. The topological polar surface area (TPSA) is 86.8 Å². The van der Waals surface area contributed by atoms with Crippen molar-refractivity contribution in [2.45, 2.75) is 57.1 Å². The number of hydrogen-bond donors (Lipinski definition) is 1. The molecule has 3 rings (SSSR count). The fourth-order valence-electron chi connectivity index (χ4n) is 4.04. The Morgan fingerprint density at radius 2 is 1.45 bits per heavy atom. The maximum Gasteiger partial charge on any atom is 0.264 e. The maximum absolute atomic E-state index is 14.0. The van der Waals surface area contributed by atoms with Crippen LogP contribution >= 0.6 is 34.8 Å². The first-order valence-electron chi connectivity index (χ1n) is 12.8. The van der Waals surface area contributed by atoms with Gasteiger partial charge >= 0.3 is 0 Å². The van der Waals surface area contributed by atoms with E-state index in [2.05, 4.69) is 5.32 Å². The van der Waals surface area contributed by atoms with Crippen LogP contribution in [0.15, 0.2) is 77.7 Å². The highest BCUT2D eigenvalue weighted by molar-refractivity contribution is 7.92. The summed E-state index contributed by atoms with van der Waals surface area (Å²) in [6.45, 7) is 5.16. The number of carbonyl (C=O) groups is 2. The second-order valence-electron chi connectivity index (χ2n) is 9.34. The van der Waals surface area contributed by atoms with E-state index in [1.807, 2.05) is 20.8 Å². The molecule has 0 radical (unpaired) electrons. The quantitative estimate of drug-likeness (QED) is 0.247. The van der Waals surface area contributed by atoms with Crippen molar-refractivity contribution in [2.24, 2.45) is 0 Å². The van der Waals surface area contributed by atoms with Crippen molar-refractivity contribution in [3.63, 3.8) is 0 Å². The molecular formula is C29H32Cl3N3O4S. The smallest absolute Gasteiger partial charge is 0.264 e. The van der Waals surface area contributed by atoms with Crippen molar-refractivity contribution < 1.29 is 18.0 Å². The summed E-state index contributed by atoms with van der Waals surface area (Å²) in [7, 11) is -4.22. The molecule has 0 aliphatic heterocycles. The highest BCUT2D eigenvalue weighted by atomic mass is 35.5. The molecule has 0 saturated carbocycles. The van der Waals surface area contributed by atoms with E-state index in [1.165, 1.54) is 35.2 Å². The van der Waals surface area contributed by atoms with Gasteiger partial charge in [-0.1, -0.05) is 66.8 Å². The number of sulfonamides is 1. The predicted molar refractivity (Wildman–Crippen MR) is 161 cm³/mol. The van der Waals surface area contributed by atoms with E-state index in [0.29, 0.717) is 21.5 Å². The van der Waals surface area contributed by atoms with Gasteiger partial charge in [0.2, 0.25) is 11.8 Å². The van der Waals surface area contributed by atoms with Gasteiger partial charge in [-0.15, -0.1) is 0 Å². The molecule has 3 aromatic carbocycles. The van der Waals surface area contributed by atoms with Crippen LogP contribution in [-0.4, -0.2) is 43.8 Å². The third-order valence-electron chi connectivity index (χ3n) is 6.43. The van der Waals surface area contributed by atoms with E-state index in [9.17, 15) is 18.0 Å².